The highest BCUT2D eigenvalue weighted by Crippen LogP contribution is 2.19. The van der Waals surface area contributed by atoms with Gasteiger partial charge in [-0.15, -0.1) is 0 Å². The van der Waals surface area contributed by atoms with Gasteiger partial charge in [0.25, 0.3) is 0 Å². The van der Waals surface area contributed by atoms with E-state index < -0.39 is 0 Å². The molecule has 0 saturated carbocycles. The molecule has 0 radical (unpaired) electrons. The van der Waals surface area contributed by atoms with Crippen molar-refractivity contribution in [2.45, 2.75) is 59.2 Å². The first-order valence-electron chi connectivity index (χ1n) is 12.9. The lowest BCUT2D eigenvalue weighted by Crippen LogP contribution is -2.26. The maximum atomic E-state index is 4.96. The fourth-order valence-electron chi connectivity index (χ4n) is 4.68. The molecular weight excluding hydrogens is 434 g/mol. The number of aryl methyl sites for hydroxylation is 2. The minimum absolute atomic E-state index is 0.738. The molecule has 3 aromatic heterocycles. The van der Waals surface area contributed by atoms with Gasteiger partial charge in [-0.05, 0) is 69.1 Å². The number of benzene rings is 1. The van der Waals surface area contributed by atoms with Gasteiger partial charge >= 0.3 is 0 Å². The summed E-state index contributed by atoms with van der Waals surface area (Å²) in [6.07, 6.45) is 12.1. The Bertz CT molecular complexity index is 1160. The van der Waals surface area contributed by atoms with Crippen LogP contribution in [0.15, 0.2) is 55.1 Å². The molecule has 0 aliphatic carbocycles. The monoisotopic (exact) mass is 473 g/mol. The Kier molecular flexibility index (Phi) is 9.03. The second-order valence-electron chi connectivity index (χ2n) is 9.41. The van der Waals surface area contributed by atoms with Gasteiger partial charge in [-0.1, -0.05) is 26.0 Å². The fourth-order valence-corrected chi connectivity index (χ4v) is 4.68. The fraction of sp³-hybridized carbons (Fsp3) is 0.464. The topological polar surface area (TPSA) is 65.9 Å². The summed E-state index contributed by atoms with van der Waals surface area (Å²) < 4.78 is 2.07. The highest BCUT2D eigenvalue weighted by atomic mass is 15.2. The number of H-pyrrole nitrogens is 1. The molecule has 0 spiro atoms. The van der Waals surface area contributed by atoms with Crippen LogP contribution in [-0.4, -0.2) is 53.9 Å². The Balaban J connectivity index is 1.41. The summed E-state index contributed by atoms with van der Waals surface area (Å²) in [5.74, 6) is 2.00. The molecule has 1 aromatic carbocycles. The third-order valence-corrected chi connectivity index (χ3v) is 6.42. The summed E-state index contributed by atoms with van der Waals surface area (Å²) in [5, 5.41) is 1.19. The first-order valence-corrected chi connectivity index (χ1v) is 12.9. The van der Waals surface area contributed by atoms with Crippen LogP contribution in [0.25, 0.3) is 10.9 Å². The highest BCUT2D eigenvalue weighted by Gasteiger charge is 2.13. The van der Waals surface area contributed by atoms with Crippen LogP contribution in [0.3, 0.4) is 0 Å². The largest absolute Gasteiger partial charge is 0.348 e. The van der Waals surface area contributed by atoms with E-state index in [9.17, 15) is 0 Å². The molecule has 0 aliphatic heterocycles. The molecule has 0 fully saturated rings. The Hall–Kier alpha value is -3.03. The van der Waals surface area contributed by atoms with Crippen LogP contribution >= 0.6 is 0 Å². The molecule has 1 N–H and O–H groups in total. The summed E-state index contributed by atoms with van der Waals surface area (Å²) in [7, 11) is 2.04. The van der Waals surface area contributed by atoms with E-state index in [2.05, 4.69) is 73.5 Å². The lowest BCUT2D eigenvalue weighted by molar-refractivity contribution is 0.233. The number of rotatable bonds is 14. The molecule has 7 heteroatoms. The SMILES string of the molecule is CCCN(CCC)CCCc1ccc2cc(CN(Cc3ncc[nH]3)Cc3nccn3C)ccc2n1. The predicted octanol–water partition coefficient (Wildman–Crippen LogP) is 4.95. The van der Waals surface area contributed by atoms with E-state index >= 15 is 0 Å². The van der Waals surface area contributed by atoms with Crippen molar-refractivity contribution in [3.05, 3.63) is 78.0 Å². The number of aromatic nitrogens is 5. The third-order valence-electron chi connectivity index (χ3n) is 6.42. The van der Waals surface area contributed by atoms with E-state index in [1.54, 1.807) is 6.20 Å². The van der Waals surface area contributed by atoms with Gasteiger partial charge in [0.2, 0.25) is 0 Å². The van der Waals surface area contributed by atoms with Gasteiger partial charge in [0.05, 0.1) is 18.6 Å². The summed E-state index contributed by atoms with van der Waals surface area (Å²) in [5.41, 5.74) is 3.53. The zero-order valence-corrected chi connectivity index (χ0v) is 21.5. The molecule has 0 atom stereocenters. The lowest BCUT2D eigenvalue weighted by atomic mass is 10.1. The van der Waals surface area contributed by atoms with Crippen LogP contribution in [0.5, 0.6) is 0 Å². The molecule has 4 rings (SSSR count). The molecule has 0 bridgehead atoms. The van der Waals surface area contributed by atoms with Crippen LogP contribution in [-0.2, 0) is 33.1 Å². The van der Waals surface area contributed by atoms with E-state index in [0.717, 1.165) is 56.2 Å². The minimum atomic E-state index is 0.738. The maximum Gasteiger partial charge on any atom is 0.122 e. The summed E-state index contributed by atoms with van der Waals surface area (Å²) >= 11 is 0. The Labute approximate surface area is 209 Å². The van der Waals surface area contributed by atoms with Crippen molar-refractivity contribution in [2.24, 2.45) is 7.05 Å². The number of imidazole rings is 2. The van der Waals surface area contributed by atoms with Gasteiger partial charge < -0.3 is 14.5 Å². The first kappa shape index (κ1) is 25.1. The van der Waals surface area contributed by atoms with Crippen LogP contribution < -0.4 is 0 Å². The summed E-state index contributed by atoms with van der Waals surface area (Å²) in [6, 6.07) is 11.1. The van der Waals surface area contributed by atoms with E-state index in [-0.39, 0.29) is 0 Å². The predicted molar refractivity (Wildman–Crippen MR) is 142 cm³/mol. The van der Waals surface area contributed by atoms with Crippen molar-refractivity contribution in [1.82, 2.24) is 34.3 Å². The number of hydrogen-bond acceptors (Lipinski definition) is 5. The zero-order chi connectivity index (χ0) is 24.5. The molecule has 4 aromatic rings. The summed E-state index contributed by atoms with van der Waals surface area (Å²) in [4.78, 5) is 22.1. The number of nitrogens with one attached hydrogen (secondary N) is 1. The first-order chi connectivity index (χ1) is 17.1. The standard InChI is InChI=1S/C28H39N7/c1-4-15-34(16-5-2)17-6-7-25-10-9-24-19-23(8-11-26(24)32-25)20-35(21-27-29-12-13-30-27)22-28-31-14-18-33(28)3/h8-14,18-19H,4-7,15-17,20-22H2,1-3H3,(H,29,30). The van der Waals surface area contributed by atoms with Gasteiger partial charge in [-0.3, -0.25) is 9.88 Å². The van der Waals surface area contributed by atoms with Crippen LogP contribution in [0.2, 0.25) is 0 Å². The van der Waals surface area contributed by atoms with Crippen molar-refractivity contribution in [3.8, 4) is 0 Å². The molecule has 186 valence electrons. The van der Waals surface area contributed by atoms with Crippen molar-refractivity contribution >= 4 is 10.9 Å². The van der Waals surface area contributed by atoms with Crippen molar-refractivity contribution in [2.75, 3.05) is 19.6 Å². The lowest BCUT2D eigenvalue weighted by Gasteiger charge is -2.21. The zero-order valence-electron chi connectivity index (χ0n) is 21.5. The number of fused-ring (bicyclic) bond motifs is 1. The highest BCUT2D eigenvalue weighted by molar-refractivity contribution is 5.79. The molecule has 0 saturated heterocycles. The van der Waals surface area contributed by atoms with E-state index in [1.807, 2.05) is 25.6 Å². The van der Waals surface area contributed by atoms with Crippen molar-refractivity contribution in [3.63, 3.8) is 0 Å². The van der Waals surface area contributed by atoms with E-state index in [0.29, 0.717) is 0 Å². The average Bonchev–Trinajstić information content (AvgIpc) is 3.51. The third kappa shape index (κ3) is 7.23. The van der Waals surface area contributed by atoms with Gasteiger partial charge in [0.15, 0.2) is 0 Å². The molecule has 0 aliphatic rings. The number of pyridine rings is 1. The Morgan fingerprint density at radius 2 is 1.74 bits per heavy atom. The van der Waals surface area contributed by atoms with Gasteiger partial charge in [-0.25, -0.2) is 9.97 Å². The van der Waals surface area contributed by atoms with Crippen molar-refractivity contribution < 1.29 is 0 Å². The van der Waals surface area contributed by atoms with Crippen LogP contribution in [0.1, 0.15) is 56.0 Å². The normalized spacial score (nSPS) is 11.8. The van der Waals surface area contributed by atoms with Crippen LogP contribution in [0.4, 0.5) is 0 Å². The number of hydrogen-bond donors (Lipinski definition) is 1. The van der Waals surface area contributed by atoms with E-state index in [1.165, 1.54) is 42.6 Å². The maximum absolute atomic E-state index is 4.96. The Morgan fingerprint density at radius 3 is 2.46 bits per heavy atom. The van der Waals surface area contributed by atoms with Gasteiger partial charge in [-0.2, -0.15) is 0 Å². The second kappa shape index (κ2) is 12.6. The van der Waals surface area contributed by atoms with E-state index in [4.69, 9.17) is 4.98 Å². The van der Waals surface area contributed by atoms with Gasteiger partial charge in [0.1, 0.15) is 11.6 Å². The summed E-state index contributed by atoms with van der Waals surface area (Å²) in [6.45, 7) is 10.4. The Morgan fingerprint density at radius 1 is 0.886 bits per heavy atom. The number of aromatic amines is 1. The molecule has 3 heterocycles. The molecule has 0 unspecified atom stereocenters. The minimum Gasteiger partial charge on any atom is -0.348 e. The smallest absolute Gasteiger partial charge is 0.122 e. The van der Waals surface area contributed by atoms with Crippen LogP contribution in [0, 0.1) is 0 Å². The molecule has 7 nitrogen and oxygen atoms in total. The molecule has 0 amide bonds. The average molecular weight is 474 g/mol. The molecule has 35 heavy (non-hydrogen) atoms. The molecular formula is C28H39N7. The van der Waals surface area contributed by atoms with Crippen molar-refractivity contribution in [1.29, 1.82) is 0 Å². The number of nitrogens with zero attached hydrogens (tertiary/aromatic N) is 6. The van der Waals surface area contributed by atoms with Gasteiger partial charge in [0, 0.05) is 49.5 Å². The quantitative estimate of drug-likeness (QED) is 0.281. The second-order valence-corrected chi connectivity index (χ2v) is 9.41.